The fourth-order valence-electron chi connectivity index (χ4n) is 0.987. The van der Waals surface area contributed by atoms with Crippen LogP contribution in [0.2, 0.25) is 0 Å². The van der Waals surface area contributed by atoms with Gasteiger partial charge in [-0.05, 0) is 13.8 Å². The highest BCUT2D eigenvalue weighted by molar-refractivity contribution is 5.95. The van der Waals surface area contributed by atoms with Gasteiger partial charge in [0, 0.05) is 5.69 Å². The standard InChI is InChI=1S/C7H12N4O2.ClH/c1-3-13-7(12)5-4(2)10-11-6(5)9-8;/h3,8H2,1-2H3,(H2,9,10,11);1H/p-1. The molecule has 4 N–H and O–H groups in total. The number of ether oxygens (including phenoxy) is 1. The fraction of sp³-hybridized carbons (Fsp3) is 0.429. The van der Waals surface area contributed by atoms with Crippen LogP contribution in [0.3, 0.4) is 0 Å². The van der Waals surface area contributed by atoms with E-state index in [-0.39, 0.29) is 12.4 Å². The third-order valence-corrected chi connectivity index (χ3v) is 1.56. The Kier molecular flexibility index (Phi) is 4.96. The Morgan fingerprint density at radius 1 is 1.71 bits per heavy atom. The van der Waals surface area contributed by atoms with Crippen molar-refractivity contribution in [2.45, 2.75) is 13.8 Å². The second-order valence-corrected chi connectivity index (χ2v) is 2.44. The molecule has 14 heavy (non-hydrogen) atoms. The number of nitrogens with two attached hydrogens (primary N) is 1. The number of aryl methyl sites for hydroxylation is 1. The first kappa shape index (κ1) is 12.7. The van der Waals surface area contributed by atoms with Gasteiger partial charge in [-0.2, -0.15) is 5.10 Å². The summed E-state index contributed by atoms with van der Waals surface area (Å²) in [5.41, 5.74) is 3.29. The minimum Gasteiger partial charge on any atom is -1.00 e. The first-order chi connectivity index (χ1) is 6.20. The molecule has 0 aliphatic carbocycles. The molecule has 6 nitrogen and oxygen atoms in total. The molecule has 7 heteroatoms. The molecule has 0 fully saturated rings. The lowest BCUT2D eigenvalue weighted by Gasteiger charge is -2.01. The molecule has 0 aliphatic heterocycles. The normalized spacial score (nSPS) is 9.07. The summed E-state index contributed by atoms with van der Waals surface area (Å²) < 4.78 is 4.82. The van der Waals surface area contributed by atoms with E-state index < -0.39 is 5.97 Å². The van der Waals surface area contributed by atoms with Crippen molar-refractivity contribution in [2.24, 2.45) is 5.84 Å². The molecule has 0 amide bonds. The van der Waals surface area contributed by atoms with E-state index in [0.717, 1.165) is 0 Å². The van der Waals surface area contributed by atoms with Gasteiger partial charge >= 0.3 is 5.97 Å². The maximum atomic E-state index is 11.3. The molecule has 1 aromatic rings. The molecule has 1 heterocycles. The van der Waals surface area contributed by atoms with Crippen molar-refractivity contribution in [3.63, 3.8) is 0 Å². The van der Waals surface area contributed by atoms with E-state index in [1.807, 2.05) is 0 Å². The number of hydrazine groups is 1. The SMILES string of the molecule is CCOC(=O)c1c(NN)n[nH]c1C.[Cl-]. The minimum absolute atomic E-state index is 0. The van der Waals surface area contributed by atoms with E-state index in [1.54, 1.807) is 13.8 Å². The smallest absolute Gasteiger partial charge is 0.343 e. The van der Waals surface area contributed by atoms with Crippen LogP contribution >= 0.6 is 0 Å². The number of H-pyrrole nitrogens is 1. The summed E-state index contributed by atoms with van der Waals surface area (Å²) in [6.45, 7) is 3.79. The third kappa shape index (κ3) is 2.36. The van der Waals surface area contributed by atoms with Crippen LogP contribution in [0.5, 0.6) is 0 Å². The Morgan fingerprint density at radius 3 is 2.86 bits per heavy atom. The molecule has 1 aromatic heterocycles. The first-order valence-electron chi connectivity index (χ1n) is 3.89. The van der Waals surface area contributed by atoms with Gasteiger partial charge < -0.3 is 22.6 Å². The number of nitrogens with zero attached hydrogens (tertiary/aromatic N) is 1. The number of nitrogens with one attached hydrogen (secondary N) is 2. The summed E-state index contributed by atoms with van der Waals surface area (Å²) in [5, 5.41) is 6.41. The number of rotatable bonds is 3. The Bertz CT molecular complexity index is 313. The summed E-state index contributed by atoms with van der Waals surface area (Å²) in [4.78, 5) is 11.3. The lowest BCUT2D eigenvalue weighted by atomic mass is 10.2. The van der Waals surface area contributed by atoms with E-state index >= 15 is 0 Å². The molecule has 0 radical (unpaired) electrons. The summed E-state index contributed by atoms with van der Waals surface area (Å²) in [6.07, 6.45) is 0. The number of nitrogen functional groups attached to an aromatic ring is 1. The first-order valence-corrected chi connectivity index (χ1v) is 3.89. The van der Waals surface area contributed by atoms with Crippen LogP contribution in [0.4, 0.5) is 5.82 Å². The van der Waals surface area contributed by atoms with Gasteiger partial charge in [-0.25, -0.2) is 10.6 Å². The number of aromatic amines is 1. The van der Waals surface area contributed by atoms with Crippen LogP contribution in [0.1, 0.15) is 23.0 Å². The van der Waals surface area contributed by atoms with Crippen LogP contribution in [0, 0.1) is 6.92 Å². The quantitative estimate of drug-likeness (QED) is 0.290. The zero-order chi connectivity index (χ0) is 9.84. The summed E-state index contributed by atoms with van der Waals surface area (Å²) >= 11 is 0. The minimum atomic E-state index is -0.429. The van der Waals surface area contributed by atoms with Gasteiger partial charge in [0.05, 0.1) is 6.61 Å². The lowest BCUT2D eigenvalue weighted by Crippen LogP contribution is -3.00. The van der Waals surface area contributed by atoms with Crippen LogP contribution in [-0.2, 0) is 4.74 Å². The Balaban J connectivity index is 0.00000169. The van der Waals surface area contributed by atoms with Gasteiger partial charge in [-0.3, -0.25) is 5.10 Å². The average Bonchev–Trinajstić information content (AvgIpc) is 2.47. The second-order valence-electron chi connectivity index (χ2n) is 2.44. The van der Waals surface area contributed by atoms with Crippen molar-refractivity contribution in [1.29, 1.82) is 0 Å². The van der Waals surface area contributed by atoms with E-state index in [2.05, 4.69) is 15.6 Å². The molecule has 0 atom stereocenters. The Labute approximate surface area is 87.6 Å². The van der Waals surface area contributed by atoms with E-state index in [1.165, 1.54) is 0 Å². The lowest BCUT2D eigenvalue weighted by molar-refractivity contribution is -0.0000215. The van der Waals surface area contributed by atoms with Crippen molar-refractivity contribution >= 4 is 11.8 Å². The monoisotopic (exact) mass is 219 g/mol. The number of halogens is 1. The fourth-order valence-corrected chi connectivity index (χ4v) is 0.987. The number of carbonyl (C=O) groups excluding carboxylic acids is 1. The number of hydrogen-bond donors (Lipinski definition) is 3. The van der Waals surface area contributed by atoms with Crippen molar-refractivity contribution in [3.8, 4) is 0 Å². The van der Waals surface area contributed by atoms with E-state index in [0.29, 0.717) is 23.7 Å². The molecule has 0 unspecified atom stereocenters. The zero-order valence-electron chi connectivity index (χ0n) is 7.93. The maximum absolute atomic E-state index is 11.3. The van der Waals surface area contributed by atoms with Gasteiger partial charge in [-0.15, -0.1) is 0 Å². The Morgan fingerprint density at radius 2 is 2.36 bits per heavy atom. The van der Waals surface area contributed by atoms with Gasteiger partial charge in [0.25, 0.3) is 0 Å². The number of hydrogen-bond acceptors (Lipinski definition) is 5. The van der Waals surface area contributed by atoms with Gasteiger partial charge in [0.15, 0.2) is 5.82 Å². The summed E-state index contributed by atoms with van der Waals surface area (Å²) in [6, 6.07) is 0. The number of aromatic nitrogens is 2. The number of carbonyl (C=O) groups is 1. The highest BCUT2D eigenvalue weighted by Gasteiger charge is 2.18. The molecule has 0 saturated heterocycles. The molecule has 0 aliphatic rings. The average molecular weight is 220 g/mol. The van der Waals surface area contributed by atoms with Crippen molar-refractivity contribution in [1.82, 2.24) is 10.2 Å². The molecule has 0 saturated carbocycles. The summed E-state index contributed by atoms with van der Waals surface area (Å²) in [5.74, 6) is 5.03. The van der Waals surface area contributed by atoms with Crippen molar-refractivity contribution in [2.75, 3.05) is 12.0 Å². The molecule has 80 valence electrons. The van der Waals surface area contributed by atoms with Crippen LogP contribution < -0.4 is 23.7 Å². The third-order valence-electron chi connectivity index (χ3n) is 1.56. The van der Waals surface area contributed by atoms with E-state index in [4.69, 9.17) is 10.6 Å². The van der Waals surface area contributed by atoms with Crippen LogP contribution in [0.25, 0.3) is 0 Å². The molecule has 0 bridgehead atoms. The summed E-state index contributed by atoms with van der Waals surface area (Å²) in [7, 11) is 0. The van der Waals surface area contributed by atoms with Gasteiger partial charge in [-0.1, -0.05) is 0 Å². The van der Waals surface area contributed by atoms with Crippen molar-refractivity contribution in [3.05, 3.63) is 11.3 Å². The van der Waals surface area contributed by atoms with E-state index in [9.17, 15) is 4.79 Å². The highest BCUT2D eigenvalue weighted by atomic mass is 35.5. The predicted octanol–water partition coefficient (Wildman–Crippen LogP) is -2.82. The highest BCUT2D eigenvalue weighted by Crippen LogP contribution is 2.15. The topological polar surface area (TPSA) is 93.0 Å². The molecule has 0 aromatic carbocycles. The van der Waals surface area contributed by atoms with Gasteiger partial charge in [0.2, 0.25) is 0 Å². The van der Waals surface area contributed by atoms with Crippen LogP contribution in [-0.4, -0.2) is 22.8 Å². The number of esters is 1. The predicted molar refractivity (Wildman–Crippen MR) is 47.1 cm³/mol. The van der Waals surface area contributed by atoms with Gasteiger partial charge in [0.1, 0.15) is 5.56 Å². The maximum Gasteiger partial charge on any atom is 0.343 e. The Hall–Kier alpha value is -1.27. The molecule has 0 spiro atoms. The number of anilines is 1. The zero-order valence-corrected chi connectivity index (χ0v) is 8.68. The molecular formula is C7H12ClN4O2-. The van der Waals surface area contributed by atoms with Crippen LogP contribution in [0.15, 0.2) is 0 Å². The van der Waals surface area contributed by atoms with Crippen molar-refractivity contribution < 1.29 is 21.9 Å². The second kappa shape index (κ2) is 5.46. The molecular weight excluding hydrogens is 208 g/mol. The molecule has 1 rings (SSSR count). The largest absolute Gasteiger partial charge is 1.00 e.